The number of halogens is 4. The second kappa shape index (κ2) is 5.96. The highest BCUT2D eigenvalue weighted by Gasteiger charge is 2.35. The van der Waals surface area contributed by atoms with Crippen molar-refractivity contribution in [2.45, 2.75) is 19.0 Å². The SMILES string of the molecule is CC1CN(C(N)=NCCF)c2ccc3c(C(F)(F)F)cccc3c21. The molecule has 1 atom stereocenters. The van der Waals surface area contributed by atoms with Crippen molar-refractivity contribution in [1.82, 2.24) is 0 Å². The Bertz CT molecular complexity index is 798. The summed E-state index contributed by atoms with van der Waals surface area (Å²) >= 11 is 0. The Kier molecular flexibility index (Phi) is 4.11. The molecule has 0 aromatic heterocycles. The second-order valence-corrected chi connectivity index (χ2v) is 5.84. The van der Waals surface area contributed by atoms with Crippen LogP contribution in [-0.4, -0.2) is 25.7 Å². The molecule has 0 aliphatic carbocycles. The van der Waals surface area contributed by atoms with Crippen molar-refractivity contribution in [3.8, 4) is 0 Å². The molecule has 24 heavy (non-hydrogen) atoms. The summed E-state index contributed by atoms with van der Waals surface area (Å²) in [5.41, 5.74) is 6.82. The van der Waals surface area contributed by atoms with Gasteiger partial charge in [-0.2, -0.15) is 13.2 Å². The second-order valence-electron chi connectivity index (χ2n) is 5.84. The minimum absolute atomic E-state index is 0.00805. The van der Waals surface area contributed by atoms with Gasteiger partial charge in [0.05, 0.1) is 12.1 Å². The van der Waals surface area contributed by atoms with Crippen LogP contribution in [0.5, 0.6) is 0 Å². The van der Waals surface area contributed by atoms with Crippen LogP contribution in [0, 0.1) is 0 Å². The van der Waals surface area contributed by atoms with E-state index in [1.807, 2.05) is 6.92 Å². The number of rotatable bonds is 2. The first kappa shape index (κ1) is 16.5. The van der Waals surface area contributed by atoms with E-state index in [9.17, 15) is 17.6 Å². The molecule has 1 aliphatic rings. The van der Waals surface area contributed by atoms with E-state index in [1.54, 1.807) is 17.0 Å². The Morgan fingerprint density at radius 2 is 2.00 bits per heavy atom. The number of hydrogen-bond donors (Lipinski definition) is 1. The van der Waals surface area contributed by atoms with E-state index < -0.39 is 18.4 Å². The number of fused-ring (bicyclic) bond motifs is 3. The van der Waals surface area contributed by atoms with Gasteiger partial charge in [0.1, 0.15) is 6.67 Å². The largest absolute Gasteiger partial charge is 0.417 e. The third-order valence-corrected chi connectivity index (χ3v) is 4.26. The summed E-state index contributed by atoms with van der Waals surface area (Å²) in [4.78, 5) is 5.69. The zero-order valence-corrected chi connectivity index (χ0v) is 13.1. The third kappa shape index (κ3) is 2.68. The zero-order chi connectivity index (χ0) is 17.5. The molecule has 2 aromatic carbocycles. The molecule has 0 radical (unpaired) electrons. The van der Waals surface area contributed by atoms with Gasteiger partial charge >= 0.3 is 6.18 Å². The zero-order valence-electron chi connectivity index (χ0n) is 13.1. The number of benzene rings is 2. The summed E-state index contributed by atoms with van der Waals surface area (Å²) < 4.78 is 52.0. The summed E-state index contributed by atoms with van der Waals surface area (Å²) in [6.45, 7) is 1.80. The van der Waals surface area contributed by atoms with Gasteiger partial charge in [-0.05, 0) is 28.5 Å². The van der Waals surface area contributed by atoms with Crippen molar-refractivity contribution < 1.29 is 17.6 Å². The summed E-state index contributed by atoms with van der Waals surface area (Å²) in [7, 11) is 0. The van der Waals surface area contributed by atoms with Gasteiger partial charge in [-0.15, -0.1) is 0 Å². The number of anilines is 1. The molecule has 0 fully saturated rings. The number of aliphatic imine (C=N–C) groups is 1. The molecule has 128 valence electrons. The van der Waals surface area contributed by atoms with Gasteiger partial charge in [-0.3, -0.25) is 4.99 Å². The van der Waals surface area contributed by atoms with Gasteiger partial charge < -0.3 is 10.6 Å². The molecular formula is C17H17F4N3. The molecule has 3 nitrogen and oxygen atoms in total. The Labute approximate surface area is 136 Å². The van der Waals surface area contributed by atoms with Gasteiger partial charge in [0, 0.05) is 18.2 Å². The van der Waals surface area contributed by atoms with Gasteiger partial charge in [0.25, 0.3) is 0 Å². The molecule has 0 spiro atoms. The fourth-order valence-corrected chi connectivity index (χ4v) is 3.29. The fourth-order valence-electron chi connectivity index (χ4n) is 3.29. The van der Waals surface area contributed by atoms with Crippen LogP contribution in [0.4, 0.5) is 23.2 Å². The number of nitrogens with two attached hydrogens (primary N) is 1. The standard InChI is InChI=1S/C17H17F4N3/c1-10-9-24(16(22)23-8-7-18)14-6-5-11-12(15(10)14)3-2-4-13(11)17(19,20)21/h2-6,10H,7-9H2,1H3,(H2,22,23). The predicted octanol–water partition coefficient (Wildman–Crippen LogP) is 4.07. The Morgan fingerprint density at radius 1 is 1.25 bits per heavy atom. The molecule has 2 N–H and O–H groups in total. The summed E-state index contributed by atoms with van der Waals surface area (Å²) in [6.07, 6.45) is -4.41. The van der Waals surface area contributed by atoms with Gasteiger partial charge in [0.2, 0.25) is 0 Å². The maximum absolute atomic E-state index is 13.2. The van der Waals surface area contributed by atoms with E-state index in [-0.39, 0.29) is 23.8 Å². The summed E-state index contributed by atoms with van der Waals surface area (Å²) in [5, 5.41) is 0.743. The van der Waals surface area contributed by atoms with Crippen molar-refractivity contribution in [2.75, 3.05) is 24.7 Å². The average Bonchev–Trinajstić information content (AvgIpc) is 2.88. The van der Waals surface area contributed by atoms with E-state index in [0.29, 0.717) is 11.9 Å². The van der Waals surface area contributed by atoms with E-state index in [1.165, 1.54) is 12.1 Å². The van der Waals surface area contributed by atoms with E-state index in [4.69, 9.17) is 5.73 Å². The molecule has 1 heterocycles. The highest BCUT2D eigenvalue weighted by atomic mass is 19.4. The maximum Gasteiger partial charge on any atom is 0.417 e. The molecule has 0 bridgehead atoms. The van der Waals surface area contributed by atoms with Gasteiger partial charge in [-0.25, -0.2) is 4.39 Å². The summed E-state index contributed by atoms with van der Waals surface area (Å²) in [5.74, 6) is 0.177. The Balaban J connectivity index is 2.17. The fraction of sp³-hybridized carbons (Fsp3) is 0.353. The van der Waals surface area contributed by atoms with Crippen LogP contribution in [0.1, 0.15) is 24.0 Å². The highest BCUT2D eigenvalue weighted by Crippen LogP contribution is 2.44. The van der Waals surface area contributed by atoms with Gasteiger partial charge in [0.15, 0.2) is 5.96 Å². The quantitative estimate of drug-likeness (QED) is 0.509. The van der Waals surface area contributed by atoms with Crippen LogP contribution in [0.3, 0.4) is 0 Å². The lowest BCUT2D eigenvalue weighted by Gasteiger charge is -2.19. The lowest BCUT2D eigenvalue weighted by atomic mass is 9.94. The maximum atomic E-state index is 13.2. The van der Waals surface area contributed by atoms with Crippen LogP contribution in [-0.2, 0) is 6.18 Å². The molecule has 1 aliphatic heterocycles. The lowest BCUT2D eigenvalue weighted by molar-refractivity contribution is -0.136. The number of nitrogens with zero attached hydrogens (tertiary/aromatic N) is 2. The van der Waals surface area contributed by atoms with Crippen molar-refractivity contribution >= 4 is 22.4 Å². The first-order chi connectivity index (χ1) is 11.3. The Morgan fingerprint density at radius 3 is 2.67 bits per heavy atom. The van der Waals surface area contributed by atoms with Crippen LogP contribution in [0.15, 0.2) is 35.3 Å². The number of alkyl halides is 4. The molecule has 1 unspecified atom stereocenters. The van der Waals surface area contributed by atoms with Crippen molar-refractivity contribution in [3.63, 3.8) is 0 Å². The van der Waals surface area contributed by atoms with Crippen LogP contribution >= 0.6 is 0 Å². The topological polar surface area (TPSA) is 41.6 Å². The molecular weight excluding hydrogens is 322 g/mol. The molecule has 3 rings (SSSR count). The minimum atomic E-state index is -4.41. The number of guanidine groups is 1. The normalized spacial score (nSPS) is 18.3. The average molecular weight is 339 g/mol. The predicted molar refractivity (Wildman–Crippen MR) is 87.2 cm³/mol. The van der Waals surface area contributed by atoms with Crippen molar-refractivity contribution in [3.05, 3.63) is 41.5 Å². The van der Waals surface area contributed by atoms with Gasteiger partial charge in [-0.1, -0.05) is 25.1 Å². The van der Waals surface area contributed by atoms with Crippen LogP contribution in [0.25, 0.3) is 10.8 Å². The Hall–Kier alpha value is -2.31. The van der Waals surface area contributed by atoms with Crippen molar-refractivity contribution in [2.24, 2.45) is 10.7 Å². The third-order valence-electron chi connectivity index (χ3n) is 4.26. The van der Waals surface area contributed by atoms with Crippen molar-refractivity contribution in [1.29, 1.82) is 0 Å². The first-order valence-corrected chi connectivity index (χ1v) is 7.61. The van der Waals surface area contributed by atoms with Crippen LogP contribution in [0.2, 0.25) is 0 Å². The summed E-state index contributed by atoms with van der Waals surface area (Å²) in [6, 6.07) is 7.29. The first-order valence-electron chi connectivity index (χ1n) is 7.61. The van der Waals surface area contributed by atoms with E-state index >= 15 is 0 Å². The lowest BCUT2D eigenvalue weighted by Crippen LogP contribution is -2.36. The molecule has 0 saturated heterocycles. The molecule has 0 saturated carbocycles. The van der Waals surface area contributed by atoms with E-state index in [2.05, 4.69) is 4.99 Å². The molecule has 7 heteroatoms. The minimum Gasteiger partial charge on any atom is -0.370 e. The molecule has 2 aromatic rings. The van der Waals surface area contributed by atoms with E-state index in [0.717, 1.165) is 17.3 Å². The monoisotopic (exact) mass is 339 g/mol. The molecule has 0 amide bonds. The number of hydrogen-bond acceptors (Lipinski definition) is 1. The highest BCUT2D eigenvalue weighted by molar-refractivity contribution is 6.02. The van der Waals surface area contributed by atoms with Crippen LogP contribution < -0.4 is 10.6 Å². The smallest absolute Gasteiger partial charge is 0.370 e.